The average molecular weight is 291 g/mol. The van der Waals surface area contributed by atoms with E-state index in [1.54, 1.807) is 0 Å². The van der Waals surface area contributed by atoms with Gasteiger partial charge in [-0.3, -0.25) is 5.32 Å². The lowest BCUT2D eigenvalue weighted by atomic mass is 10.2. The number of aromatic hydroxyl groups is 1. The number of carboxylic acid groups (broad SMARTS) is 1. The Morgan fingerprint density at radius 1 is 1.10 bits per heavy atom. The number of carbonyl (C=O) groups excluding carboxylic acids is 1. The summed E-state index contributed by atoms with van der Waals surface area (Å²) in [7, 11) is 0. The molecular formula is C14H10FNO5. The molecule has 0 radical (unpaired) electrons. The van der Waals surface area contributed by atoms with E-state index >= 15 is 0 Å². The summed E-state index contributed by atoms with van der Waals surface area (Å²) in [6.07, 6.45) is -0.857. The van der Waals surface area contributed by atoms with Crippen LogP contribution in [0.1, 0.15) is 10.4 Å². The summed E-state index contributed by atoms with van der Waals surface area (Å²) >= 11 is 0. The van der Waals surface area contributed by atoms with E-state index in [1.807, 2.05) is 0 Å². The first-order valence-electron chi connectivity index (χ1n) is 5.76. The van der Waals surface area contributed by atoms with Gasteiger partial charge < -0.3 is 14.9 Å². The first-order valence-corrected chi connectivity index (χ1v) is 5.76. The fourth-order valence-electron chi connectivity index (χ4n) is 1.54. The minimum absolute atomic E-state index is 0.139. The molecule has 2 rings (SSSR count). The van der Waals surface area contributed by atoms with Gasteiger partial charge in [-0.05, 0) is 36.4 Å². The number of amides is 1. The van der Waals surface area contributed by atoms with Gasteiger partial charge in [-0.1, -0.05) is 0 Å². The summed E-state index contributed by atoms with van der Waals surface area (Å²) in [5.74, 6) is -2.09. The highest BCUT2D eigenvalue weighted by molar-refractivity contribution is 5.93. The molecule has 0 heterocycles. The van der Waals surface area contributed by atoms with E-state index < -0.39 is 23.6 Å². The van der Waals surface area contributed by atoms with Crippen LogP contribution in [0.15, 0.2) is 42.5 Å². The molecule has 108 valence electrons. The highest BCUT2D eigenvalue weighted by atomic mass is 19.1. The highest BCUT2D eigenvalue weighted by Gasteiger charge is 2.11. The molecular weight excluding hydrogens is 281 g/mol. The van der Waals surface area contributed by atoms with Gasteiger partial charge >= 0.3 is 12.1 Å². The summed E-state index contributed by atoms with van der Waals surface area (Å²) < 4.78 is 17.6. The van der Waals surface area contributed by atoms with Crippen molar-refractivity contribution >= 4 is 17.7 Å². The lowest BCUT2D eigenvalue weighted by molar-refractivity contribution is 0.0693. The van der Waals surface area contributed by atoms with Crippen LogP contribution < -0.4 is 10.1 Å². The van der Waals surface area contributed by atoms with Crippen LogP contribution in [0, 0.1) is 5.82 Å². The number of halogens is 1. The molecule has 0 aromatic heterocycles. The van der Waals surface area contributed by atoms with Gasteiger partial charge in [-0.25, -0.2) is 14.0 Å². The molecule has 2 aromatic carbocycles. The molecule has 7 heteroatoms. The third kappa shape index (κ3) is 3.69. The number of hydrogen-bond donors (Lipinski definition) is 3. The Hall–Kier alpha value is -3.09. The molecule has 3 N–H and O–H groups in total. The van der Waals surface area contributed by atoms with Crippen LogP contribution in [0.4, 0.5) is 14.9 Å². The van der Waals surface area contributed by atoms with Crippen LogP contribution in [0.2, 0.25) is 0 Å². The topological polar surface area (TPSA) is 95.9 Å². The highest BCUT2D eigenvalue weighted by Crippen LogP contribution is 2.22. The van der Waals surface area contributed by atoms with E-state index in [-0.39, 0.29) is 17.0 Å². The van der Waals surface area contributed by atoms with Gasteiger partial charge in [0.15, 0.2) is 0 Å². The first kappa shape index (κ1) is 14.3. The largest absolute Gasteiger partial charge is 0.507 e. The molecule has 0 fully saturated rings. The number of aromatic carboxylic acids is 1. The quantitative estimate of drug-likeness (QED) is 0.808. The van der Waals surface area contributed by atoms with E-state index in [9.17, 15) is 19.1 Å². The number of hydrogen-bond acceptors (Lipinski definition) is 4. The molecule has 21 heavy (non-hydrogen) atoms. The number of rotatable bonds is 3. The van der Waals surface area contributed by atoms with Crippen molar-refractivity contribution in [2.75, 3.05) is 5.32 Å². The van der Waals surface area contributed by atoms with Crippen LogP contribution in [0.25, 0.3) is 0 Å². The number of ether oxygens (including phenoxy) is 1. The average Bonchev–Trinajstić information content (AvgIpc) is 2.41. The maximum absolute atomic E-state index is 12.7. The van der Waals surface area contributed by atoms with Gasteiger partial charge in [0.2, 0.25) is 0 Å². The van der Waals surface area contributed by atoms with E-state index in [0.29, 0.717) is 0 Å². The molecule has 1 amide bonds. The van der Waals surface area contributed by atoms with Crippen LogP contribution >= 0.6 is 0 Å². The Morgan fingerprint density at radius 2 is 1.76 bits per heavy atom. The minimum atomic E-state index is -1.28. The van der Waals surface area contributed by atoms with Gasteiger partial charge in [0.1, 0.15) is 22.9 Å². The summed E-state index contributed by atoms with van der Waals surface area (Å²) in [5.41, 5.74) is -0.128. The van der Waals surface area contributed by atoms with Crippen molar-refractivity contribution in [3.63, 3.8) is 0 Å². The smallest absolute Gasteiger partial charge is 0.417 e. The zero-order valence-corrected chi connectivity index (χ0v) is 10.5. The lowest BCUT2D eigenvalue weighted by Gasteiger charge is -2.07. The number of anilines is 1. The zero-order chi connectivity index (χ0) is 15.4. The standard InChI is InChI=1S/C14H10FNO5/c15-8-1-4-10(5-2-8)21-14(20)16-9-3-6-11(13(18)19)12(17)7-9/h1-7,17H,(H,16,20)(H,18,19). The fraction of sp³-hybridized carbons (Fsp3) is 0. The van der Waals surface area contributed by atoms with Gasteiger partial charge in [-0.2, -0.15) is 0 Å². The van der Waals surface area contributed by atoms with Gasteiger partial charge in [-0.15, -0.1) is 0 Å². The van der Waals surface area contributed by atoms with Gasteiger partial charge in [0.05, 0.1) is 0 Å². The molecule has 2 aromatic rings. The maximum Gasteiger partial charge on any atom is 0.417 e. The number of carboxylic acids is 1. The van der Waals surface area contributed by atoms with Gasteiger partial charge in [0.25, 0.3) is 0 Å². The summed E-state index contributed by atoms with van der Waals surface area (Å²) in [5, 5.41) is 20.5. The summed E-state index contributed by atoms with van der Waals surface area (Å²) in [6.45, 7) is 0. The van der Waals surface area contributed by atoms with E-state index in [0.717, 1.165) is 24.3 Å². The SMILES string of the molecule is O=C(Nc1ccc(C(=O)O)c(O)c1)Oc1ccc(F)cc1. The second-order valence-corrected chi connectivity index (χ2v) is 4.01. The molecule has 0 aliphatic heterocycles. The molecule has 0 atom stereocenters. The van der Waals surface area contributed by atoms with Crippen molar-refractivity contribution in [3.05, 3.63) is 53.8 Å². The van der Waals surface area contributed by atoms with Crippen LogP contribution in [0.5, 0.6) is 11.5 Å². The van der Waals surface area contributed by atoms with Crippen molar-refractivity contribution in [1.82, 2.24) is 0 Å². The molecule has 0 aliphatic rings. The van der Waals surface area contributed by atoms with Crippen LogP contribution in [-0.4, -0.2) is 22.3 Å². The predicted molar refractivity (Wildman–Crippen MR) is 71.1 cm³/mol. The molecule has 0 spiro atoms. The Bertz CT molecular complexity index is 684. The second kappa shape index (κ2) is 5.91. The molecule has 0 saturated heterocycles. The molecule has 0 unspecified atom stereocenters. The van der Waals surface area contributed by atoms with Crippen LogP contribution in [-0.2, 0) is 0 Å². The number of phenols is 1. The third-order valence-corrected chi connectivity index (χ3v) is 2.50. The van der Waals surface area contributed by atoms with E-state index in [2.05, 4.69) is 5.32 Å². The summed E-state index contributed by atoms with van der Waals surface area (Å²) in [6, 6.07) is 8.35. The monoisotopic (exact) mass is 291 g/mol. The normalized spacial score (nSPS) is 9.95. The molecule has 0 bridgehead atoms. The molecule has 6 nitrogen and oxygen atoms in total. The van der Waals surface area contributed by atoms with Crippen molar-refractivity contribution in [1.29, 1.82) is 0 Å². The maximum atomic E-state index is 12.7. The minimum Gasteiger partial charge on any atom is -0.507 e. The number of nitrogens with one attached hydrogen (secondary N) is 1. The van der Waals surface area contributed by atoms with Gasteiger partial charge in [0, 0.05) is 11.8 Å². The molecule has 0 saturated carbocycles. The Morgan fingerprint density at radius 3 is 2.33 bits per heavy atom. The Balaban J connectivity index is 2.04. The van der Waals surface area contributed by atoms with Crippen molar-refractivity contribution in [3.8, 4) is 11.5 Å². The summed E-state index contributed by atoms with van der Waals surface area (Å²) in [4.78, 5) is 22.3. The van der Waals surface area contributed by atoms with Crippen molar-refractivity contribution < 1.29 is 28.9 Å². The fourth-order valence-corrected chi connectivity index (χ4v) is 1.54. The van der Waals surface area contributed by atoms with Crippen LogP contribution in [0.3, 0.4) is 0 Å². The number of carbonyl (C=O) groups is 2. The third-order valence-electron chi connectivity index (χ3n) is 2.50. The second-order valence-electron chi connectivity index (χ2n) is 4.01. The first-order chi connectivity index (χ1) is 9.95. The lowest BCUT2D eigenvalue weighted by Crippen LogP contribution is -2.16. The zero-order valence-electron chi connectivity index (χ0n) is 10.5. The van der Waals surface area contributed by atoms with Crippen molar-refractivity contribution in [2.24, 2.45) is 0 Å². The van der Waals surface area contributed by atoms with E-state index in [4.69, 9.17) is 9.84 Å². The number of benzene rings is 2. The predicted octanol–water partition coefficient (Wildman–Crippen LogP) is 2.84. The van der Waals surface area contributed by atoms with E-state index in [1.165, 1.54) is 18.2 Å². The Labute approximate surface area is 118 Å². The molecule has 0 aliphatic carbocycles. The Kier molecular flexibility index (Phi) is 4.03. The van der Waals surface area contributed by atoms with Crippen molar-refractivity contribution in [2.45, 2.75) is 0 Å².